The van der Waals surface area contributed by atoms with Gasteiger partial charge in [0.05, 0.1) is 16.8 Å². The van der Waals surface area contributed by atoms with Crippen LogP contribution in [-0.4, -0.2) is 15.0 Å². The monoisotopic (exact) mass is 473 g/mol. The summed E-state index contributed by atoms with van der Waals surface area (Å²) in [5.41, 5.74) is 1.54. The molecule has 8 heteroatoms. The molecule has 0 radical (unpaired) electrons. The Hall–Kier alpha value is -4.46. The van der Waals surface area contributed by atoms with Crippen molar-refractivity contribution in [2.24, 2.45) is 0 Å². The Morgan fingerprint density at radius 3 is 2.46 bits per heavy atom. The standard InChI is InChI=1S/C27H18F3N3O2/c28-27(29,30)20-9-11-22(25(13-20)34-16-18-5-2-1-3-6-18)24-15-26(33-17-32-24)35-21-10-8-19-7-4-12-31-23(19)14-21/h1-15,17H,16H2. The van der Waals surface area contributed by atoms with Crippen LogP contribution in [0.5, 0.6) is 17.4 Å². The largest absolute Gasteiger partial charge is 0.488 e. The van der Waals surface area contributed by atoms with Crippen LogP contribution in [0.4, 0.5) is 13.2 Å². The predicted molar refractivity (Wildman–Crippen MR) is 125 cm³/mol. The highest BCUT2D eigenvalue weighted by molar-refractivity contribution is 5.79. The molecule has 2 aromatic heterocycles. The Balaban J connectivity index is 1.46. The van der Waals surface area contributed by atoms with Gasteiger partial charge >= 0.3 is 6.18 Å². The number of fused-ring (bicyclic) bond motifs is 1. The SMILES string of the molecule is FC(F)(F)c1ccc(-c2cc(Oc3ccc4cccnc4c3)ncn2)c(OCc2ccccc2)c1. The first kappa shape index (κ1) is 22.3. The lowest BCUT2D eigenvalue weighted by atomic mass is 10.1. The molecular weight excluding hydrogens is 455 g/mol. The van der Waals surface area contributed by atoms with Crippen molar-refractivity contribution in [1.29, 1.82) is 0 Å². The molecule has 0 unspecified atom stereocenters. The van der Waals surface area contributed by atoms with Crippen LogP contribution in [0.15, 0.2) is 97.5 Å². The molecule has 3 aromatic carbocycles. The second-order valence-corrected chi connectivity index (χ2v) is 7.68. The minimum atomic E-state index is -4.51. The van der Waals surface area contributed by atoms with Gasteiger partial charge in [0, 0.05) is 29.3 Å². The molecular formula is C27H18F3N3O2. The average Bonchev–Trinajstić information content (AvgIpc) is 2.87. The number of benzene rings is 3. The predicted octanol–water partition coefficient (Wildman–Crippen LogP) is 7.08. The highest BCUT2D eigenvalue weighted by Gasteiger charge is 2.31. The summed E-state index contributed by atoms with van der Waals surface area (Å²) in [6, 6.07) is 23.3. The summed E-state index contributed by atoms with van der Waals surface area (Å²) in [5, 5.41) is 0.966. The Labute approximate surface area is 198 Å². The van der Waals surface area contributed by atoms with Crippen LogP contribution in [0, 0.1) is 0 Å². The molecule has 0 N–H and O–H groups in total. The first-order chi connectivity index (χ1) is 17.0. The quantitative estimate of drug-likeness (QED) is 0.264. The maximum Gasteiger partial charge on any atom is 0.416 e. The highest BCUT2D eigenvalue weighted by atomic mass is 19.4. The van der Waals surface area contributed by atoms with E-state index in [0.29, 0.717) is 17.0 Å². The molecule has 5 rings (SSSR count). The molecule has 0 atom stereocenters. The first-order valence-electron chi connectivity index (χ1n) is 10.7. The fraction of sp³-hybridized carbons (Fsp3) is 0.0741. The van der Waals surface area contributed by atoms with Crippen LogP contribution < -0.4 is 9.47 Å². The molecule has 0 aliphatic carbocycles. The fourth-order valence-corrected chi connectivity index (χ4v) is 3.54. The minimum Gasteiger partial charge on any atom is -0.488 e. The molecule has 0 bridgehead atoms. The van der Waals surface area contributed by atoms with Crippen molar-refractivity contribution in [3.05, 3.63) is 109 Å². The number of pyridine rings is 1. The summed E-state index contributed by atoms with van der Waals surface area (Å²) in [6.07, 6.45) is -1.52. The topological polar surface area (TPSA) is 57.1 Å². The fourth-order valence-electron chi connectivity index (χ4n) is 3.54. The van der Waals surface area contributed by atoms with Crippen LogP contribution in [0.25, 0.3) is 22.2 Å². The normalized spacial score (nSPS) is 11.4. The zero-order valence-electron chi connectivity index (χ0n) is 18.2. The number of aromatic nitrogens is 3. The Morgan fingerprint density at radius 2 is 1.63 bits per heavy atom. The van der Waals surface area contributed by atoms with Gasteiger partial charge in [-0.2, -0.15) is 13.2 Å². The van der Waals surface area contributed by atoms with Gasteiger partial charge in [0.15, 0.2) is 0 Å². The molecule has 0 aliphatic rings. The van der Waals surface area contributed by atoms with Gasteiger partial charge in [0.25, 0.3) is 0 Å². The maximum atomic E-state index is 13.4. The molecule has 174 valence electrons. The minimum absolute atomic E-state index is 0.0585. The number of nitrogens with zero attached hydrogens (tertiary/aromatic N) is 3. The number of hydrogen-bond donors (Lipinski definition) is 0. The molecule has 35 heavy (non-hydrogen) atoms. The lowest BCUT2D eigenvalue weighted by molar-refractivity contribution is -0.137. The summed E-state index contributed by atoms with van der Waals surface area (Å²) in [6.45, 7) is 0.105. The van der Waals surface area contributed by atoms with Gasteiger partial charge in [-0.1, -0.05) is 36.4 Å². The van der Waals surface area contributed by atoms with Gasteiger partial charge in [0.2, 0.25) is 5.88 Å². The Bertz CT molecular complexity index is 1470. The summed E-state index contributed by atoms with van der Waals surface area (Å²) in [5.74, 6) is 0.816. The molecule has 0 saturated heterocycles. The lowest BCUT2D eigenvalue weighted by Gasteiger charge is -2.15. The van der Waals surface area contributed by atoms with Crippen molar-refractivity contribution in [2.75, 3.05) is 0 Å². The third kappa shape index (κ3) is 5.22. The van der Waals surface area contributed by atoms with Crippen LogP contribution >= 0.6 is 0 Å². The maximum absolute atomic E-state index is 13.4. The van der Waals surface area contributed by atoms with Gasteiger partial charge in [-0.3, -0.25) is 4.98 Å². The third-order valence-electron chi connectivity index (χ3n) is 5.26. The third-order valence-corrected chi connectivity index (χ3v) is 5.26. The van der Waals surface area contributed by atoms with Crippen LogP contribution in [0.3, 0.4) is 0 Å². The molecule has 0 spiro atoms. The van der Waals surface area contributed by atoms with Crippen molar-refractivity contribution in [3.63, 3.8) is 0 Å². The van der Waals surface area contributed by atoms with Crippen molar-refractivity contribution in [3.8, 4) is 28.6 Å². The Morgan fingerprint density at radius 1 is 0.771 bits per heavy atom. The van der Waals surface area contributed by atoms with E-state index in [9.17, 15) is 13.2 Å². The summed E-state index contributed by atoms with van der Waals surface area (Å²) in [4.78, 5) is 12.7. The molecule has 0 amide bonds. The number of alkyl halides is 3. The molecule has 2 heterocycles. The zero-order chi connectivity index (χ0) is 24.3. The van der Waals surface area contributed by atoms with E-state index in [1.807, 2.05) is 48.5 Å². The highest BCUT2D eigenvalue weighted by Crippen LogP contribution is 2.37. The first-order valence-corrected chi connectivity index (χ1v) is 10.7. The van der Waals surface area contributed by atoms with E-state index < -0.39 is 11.7 Å². The molecule has 0 fully saturated rings. The van der Waals surface area contributed by atoms with E-state index in [1.165, 1.54) is 12.4 Å². The van der Waals surface area contributed by atoms with E-state index >= 15 is 0 Å². The average molecular weight is 473 g/mol. The van der Waals surface area contributed by atoms with E-state index in [-0.39, 0.29) is 18.2 Å². The van der Waals surface area contributed by atoms with Gasteiger partial charge in [-0.25, -0.2) is 9.97 Å². The smallest absolute Gasteiger partial charge is 0.416 e. The van der Waals surface area contributed by atoms with Gasteiger partial charge in [-0.05, 0) is 42.0 Å². The van der Waals surface area contributed by atoms with Crippen molar-refractivity contribution < 1.29 is 22.6 Å². The number of rotatable bonds is 6. The summed E-state index contributed by atoms with van der Waals surface area (Å²) < 4.78 is 51.8. The number of hydrogen-bond acceptors (Lipinski definition) is 5. The number of ether oxygens (including phenoxy) is 2. The van der Waals surface area contributed by atoms with Gasteiger partial charge in [-0.15, -0.1) is 0 Å². The molecule has 5 aromatic rings. The molecule has 0 aliphatic heterocycles. The van der Waals surface area contributed by atoms with E-state index in [4.69, 9.17) is 9.47 Å². The lowest BCUT2D eigenvalue weighted by Crippen LogP contribution is -2.06. The zero-order valence-corrected chi connectivity index (χ0v) is 18.2. The van der Waals surface area contributed by atoms with Crippen LogP contribution in [0.2, 0.25) is 0 Å². The van der Waals surface area contributed by atoms with Crippen molar-refractivity contribution in [2.45, 2.75) is 12.8 Å². The number of halogens is 3. The van der Waals surface area contributed by atoms with Crippen LogP contribution in [-0.2, 0) is 12.8 Å². The van der Waals surface area contributed by atoms with Crippen molar-refractivity contribution >= 4 is 10.9 Å². The molecule has 5 nitrogen and oxygen atoms in total. The van der Waals surface area contributed by atoms with Gasteiger partial charge in [0.1, 0.15) is 24.4 Å². The van der Waals surface area contributed by atoms with E-state index in [2.05, 4.69) is 15.0 Å². The van der Waals surface area contributed by atoms with E-state index in [1.54, 1.807) is 24.4 Å². The van der Waals surface area contributed by atoms with Crippen molar-refractivity contribution in [1.82, 2.24) is 15.0 Å². The van der Waals surface area contributed by atoms with Crippen LogP contribution in [0.1, 0.15) is 11.1 Å². The van der Waals surface area contributed by atoms with Gasteiger partial charge < -0.3 is 9.47 Å². The second kappa shape index (κ2) is 9.42. The van der Waals surface area contributed by atoms with E-state index in [0.717, 1.165) is 28.6 Å². The summed E-state index contributed by atoms with van der Waals surface area (Å²) in [7, 11) is 0. The Kier molecular flexibility index (Phi) is 6.01. The summed E-state index contributed by atoms with van der Waals surface area (Å²) >= 11 is 0. The second-order valence-electron chi connectivity index (χ2n) is 7.68. The molecule has 0 saturated carbocycles.